The van der Waals surface area contributed by atoms with E-state index >= 15 is 0 Å². The molecule has 1 aromatic heterocycles. The normalized spacial score (nSPS) is 14.0. The van der Waals surface area contributed by atoms with E-state index in [1.165, 1.54) is 0 Å². The first-order valence-electron chi connectivity index (χ1n) is 9.04. The summed E-state index contributed by atoms with van der Waals surface area (Å²) in [5.41, 5.74) is 0. The van der Waals surface area contributed by atoms with Gasteiger partial charge in [0.05, 0.1) is 0 Å². The number of aryl methyl sites for hydroxylation is 2. The average molecular weight is 371 g/mol. The Bertz CT molecular complexity index is 573. The summed E-state index contributed by atoms with van der Waals surface area (Å²) in [4.78, 5) is 0. The van der Waals surface area contributed by atoms with Crippen LogP contribution in [0, 0.1) is 6.92 Å². The monoisotopic (exact) mass is 370 g/mol. The first-order chi connectivity index (χ1) is 10.5. The summed E-state index contributed by atoms with van der Waals surface area (Å²) in [6.45, 7) is 26.7. The topological polar surface area (TPSA) is 31.6 Å². The van der Waals surface area contributed by atoms with Gasteiger partial charge in [-0.05, 0) is 43.2 Å². The number of hydrogen-bond acceptors (Lipinski definition) is 3. The van der Waals surface area contributed by atoms with Crippen LogP contribution in [0.4, 0.5) is 0 Å². The molecule has 0 aliphatic carbocycles. The summed E-state index contributed by atoms with van der Waals surface area (Å²) in [6.07, 6.45) is 0.811. The lowest BCUT2D eigenvalue weighted by Gasteiger charge is -2.39. The maximum Gasteiger partial charge on any atom is 0.250 e. The fourth-order valence-electron chi connectivity index (χ4n) is 1.83. The molecule has 5 heteroatoms. The zero-order valence-electron chi connectivity index (χ0n) is 17.9. The Labute approximate surface area is 151 Å². The molecule has 1 rings (SSSR count). The minimum atomic E-state index is -1.96. The molecule has 0 spiro atoms. The van der Waals surface area contributed by atoms with Gasteiger partial charge < -0.3 is 13.3 Å². The van der Waals surface area contributed by atoms with Crippen LogP contribution in [0.1, 0.15) is 60.0 Å². The van der Waals surface area contributed by atoms with Crippen molar-refractivity contribution < 1.29 is 13.3 Å². The Balaban J connectivity index is 3.36. The SMILES string of the molecule is CCc1oc(C)c(O[Si](C)(C)C(C)(C)C)c1O[Si](C)(C)C(C)(C)C. The molecule has 0 radical (unpaired) electrons. The summed E-state index contributed by atoms with van der Waals surface area (Å²) >= 11 is 0. The van der Waals surface area contributed by atoms with Crippen molar-refractivity contribution in [3.63, 3.8) is 0 Å². The zero-order valence-corrected chi connectivity index (χ0v) is 19.9. The quantitative estimate of drug-likeness (QED) is 0.527. The van der Waals surface area contributed by atoms with Gasteiger partial charge in [-0.1, -0.05) is 48.5 Å². The first-order valence-corrected chi connectivity index (χ1v) is 14.9. The number of hydrogen-bond donors (Lipinski definition) is 0. The van der Waals surface area contributed by atoms with Crippen LogP contribution in [0.2, 0.25) is 36.3 Å². The van der Waals surface area contributed by atoms with Gasteiger partial charge in [0.15, 0.2) is 11.5 Å². The lowest BCUT2D eigenvalue weighted by molar-refractivity contribution is 0.438. The third-order valence-corrected chi connectivity index (χ3v) is 14.4. The maximum atomic E-state index is 6.64. The number of rotatable bonds is 5. The van der Waals surface area contributed by atoms with Crippen LogP contribution in [0.3, 0.4) is 0 Å². The molecule has 0 atom stereocenters. The highest BCUT2D eigenvalue weighted by atomic mass is 28.4. The summed E-state index contributed by atoms with van der Waals surface area (Å²) < 4.78 is 19.3. The molecular weight excluding hydrogens is 332 g/mol. The zero-order chi connectivity index (χ0) is 19.1. The van der Waals surface area contributed by atoms with Crippen molar-refractivity contribution in [2.24, 2.45) is 0 Å². The fraction of sp³-hybridized carbons (Fsp3) is 0.789. The minimum absolute atomic E-state index is 0.136. The maximum absolute atomic E-state index is 6.64. The third kappa shape index (κ3) is 4.28. The van der Waals surface area contributed by atoms with E-state index in [4.69, 9.17) is 13.3 Å². The van der Waals surface area contributed by atoms with Gasteiger partial charge in [-0.15, -0.1) is 0 Å². The van der Waals surface area contributed by atoms with Gasteiger partial charge >= 0.3 is 0 Å². The van der Waals surface area contributed by atoms with Gasteiger partial charge in [0.25, 0.3) is 16.6 Å². The van der Waals surface area contributed by atoms with Gasteiger partial charge in [-0.3, -0.25) is 0 Å². The second kappa shape index (κ2) is 6.56. The van der Waals surface area contributed by atoms with Crippen molar-refractivity contribution in [3.05, 3.63) is 11.5 Å². The lowest BCUT2D eigenvalue weighted by atomic mass is 10.2. The summed E-state index contributed by atoms with van der Waals surface area (Å²) in [6, 6.07) is 0. The molecule has 0 aliphatic rings. The van der Waals surface area contributed by atoms with Crippen molar-refractivity contribution in [1.29, 1.82) is 0 Å². The van der Waals surface area contributed by atoms with Crippen molar-refractivity contribution in [2.75, 3.05) is 0 Å². The van der Waals surface area contributed by atoms with Crippen LogP contribution in [-0.2, 0) is 6.42 Å². The van der Waals surface area contributed by atoms with Gasteiger partial charge in [-0.25, -0.2) is 0 Å². The molecule has 140 valence electrons. The molecule has 0 aliphatic heterocycles. The molecule has 0 bridgehead atoms. The van der Waals surface area contributed by atoms with Crippen molar-refractivity contribution >= 4 is 16.6 Å². The van der Waals surface area contributed by atoms with Crippen molar-refractivity contribution in [3.8, 4) is 11.5 Å². The Morgan fingerprint density at radius 1 is 0.792 bits per heavy atom. The Kier molecular flexibility index (Phi) is 5.84. The van der Waals surface area contributed by atoms with E-state index in [1.807, 2.05) is 6.92 Å². The molecule has 1 aromatic rings. The highest BCUT2D eigenvalue weighted by Gasteiger charge is 2.43. The first kappa shape index (κ1) is 21.4. The lowest BCUT2D eigenvalue weighted by Crippen LogP contribution is -2.45. The van der Waals surface area contributed by atoms with Crippen molar-refractivity contribution in [2.45, 2.75) is 98.1 Å². The van der Waals surface area contributed by atoms with Gasteiger partial charge in [0.2, 0.25) is 0 Å². The molecule has 0 fully saturated rings. The average Bonchev–Trinajstić information content (AvgIpc) is 2.63. The Hall–Kier alpha value is -0.686. The van der Waals surface area contributed by atoms with E-state index < -0.39 is 16.6 Å². The summed E-state index contributed by atoms with van der Waals surface area (Å²) in [5, 5.41) is 0.273. The van der Waals surface area contributed by atoms with Crippen LogP contribution in [-0.4, -0.2) is 16.6 Å². The predicted octanol–water partition coefficient (Wildman–Crippen LogP) is 6.92. The molecule has 24 heavy (non-hydrogen) atoms. The van der Waals surface area contributed by atoms with Crippen LogP contribution >= 0.6 is 0 Å². The van der Waals surface area contributed by atoms with E-state index in [9.17, 15) is 0 Å². The molecule has 0 saturated heterocycles. The third-order valence-electron chi connectivity index (χ3n) is 5.70. The van der Waals surface area contributed by atoms with E-state index in [2.05, 4.69) is 74.7 Å². The molecule has 0 amide bonds. The Morgan fingerprint density at radius 3 is 1.50 bits per heavy atom. The highest BCUT2D eigenvalue weighted by molar-refractivity contribution is 6.75. The van der Waals surface area contributed by atoms with Gasteiger partial charge in [-0.2, -0.15) is 0 Å². The molecule has 3 nitrogen and oxygen atoms in total. The largest absolute Gasteiger partial charge is 0.539 e. The summed E-state index contributed by atoms with van der Waals surface area (Å²) in [5.74, 6) is 3.44. The molecule has 1 heterocycles. The van der Waals surface area contributed by atoms with Crippen molar-refractivity contribution in [1.82, 2.24) is 0 Å². The van der Waals surface area contributed by atoms with E-state index in [1.54, 1.807) is 0 Å². The van der Waals surface area contributed by atoms with Crippen LogP contribution in [0.15, 0.2) is 4.42 Å². The second-order valence-corrected chi connectivity index (χ2v) is 19.3. The van der Waals surface area contributed by atoms with Gasteiger partial charge in [0, 0.05) is 6.42 Å². The van der Waals surface area contributed by atoms with E-state index in [0.29, 0.717) is 0 Å². The smallest absolute Gasteiger partial charge is 0.250 e. The van der Waals surface area contributed by atoms with Gasteiger partial charge in [0.1, 0.15) is 11.5 Å². The second-order valence-electron chi connectivity index (χ2n) is 9.82. The molecule has 0 aromatic carbocycles. The predicted molar refractivity (Wildman–Crippen MR) is 108 cm³/mol. The van der Waals surface area contributed by atoms with Crippen LogP contribution < -0.4 is 8.85 Å². The highest BCUT2D eigenvalue weighted by Crippen LogP contribution is 2.47. The van der Waals surface area contributed by atoms with Crippen LogP contribution in [0.25, 0.3) is 0 Å². The molecule has 0 unspecified atom stereocenters. The van der Waals surface area contributed by atoms with E-state index in [-0.39, 0.29) is 10.1 Å². The molecule has 0 N–H and O–H groups in total. The van der Waals surface area contributed by atoms with E-state index in [0.717, 1.165) is 29.4 Å². The summed E-state index contributed by atoms with van der Waals surface area (Å²) in [7, 11) is -3.91. The fourth-order valence-corrected chi connectivity index (χ4v) is 3.91. The Morgan fingerprint density at radius 2 is 1.17 bits per heavy atom. The minimum Gasteiger partial charge on any atom is -0.539 e. The molecule has 0 saturated carbocycles. The molecular formula is C19H38O3Si2. The standard InChI is InChI=1S/C19H38O3Si2/c1-13-15-17(22-24(11,12)19(6,7)8)16(14(2)20-15)21-23(9,10)18(3,4)5/h13H2,1-12H3. The number of furan rings is 1. The van der Waals surface area contributed by atoms with Crippen LogP contribution in [0.5, 0.6) is 11.5 Å².